The minimum absolute atomic E-state index is 0.344. The largest absolute Gasteiger partial charge is 0.368 e. The van der Waals surface area contributed by atoms with E-state index in [1.54, 1.807) is 0 Å². The summed E-state index contributed by atoms with van der Waals surface area (Å²) >= 11 is 0. The molecule has 6 heteroatoms. The Labute approximate surface area is 125 Å². The van der Waals surface area contributed by atoms with Crippen LogP contribution in [-0.4, -0.2) is 32.8 Å². The van der Waals surface area contributed by atoms with Crippen LogP contribution in [0.2, 0.25) is 0 Å². The lowest BCUT2D eigenvalue weighted by Crippen LogP contribution is -2.24. The average Bonchev–Trinajstić information content (AvgIpc) is 3.05. The molecule has 112 valence electrons. The van der Waals surface area contributed by atoms with E-state index in [2.05, 4.69) is 44.6 Å². The summed E-state index contributed by atoms with van der Waals surface area (Å²) in [6.45, 7) is 8.17. The van der Waals surface area contributed by atoms with Crippen LogP contribution in [0.5, 0.6) is 0 Å². The molecule has 2 aromatic rings. The summed E-state index contributed by atoms with van der Waals surface area (Å²) in [6.07, 6.45) is 3.83. The van der Waals surface area contributed by atoms with Crippen molar-refractivity contribution >= 4 is 11.8 Å². The van der Waals surface area contributed by atoms with E-state index in [1.165, 1.54) is 5.69 Å². The maximum Gasteiger partial charge on any atom is 0.221 e. The first-order valence-corrected chi connectivity index (χ1v) is 7.47. The highest BCUT2D eigenvalue weighted by atomic mass is 15.3. The van der Waals surface area contributed by atoms with Crippen LogP contribution in [0.15, 0.2) is 12.3 Å². The zero-order valence-electron chi connectivity index (χ0n) is 12.9. The van der Waals surface area contributed by atoms with Gasteiger partial charge < -0.3 is 10.6 Å². The molecule has 0 radical (unpaired) electrons. The fourth-order valence-electron chi connectivity index (χ4n) is 3.08. The van der Waals surface area contributed by atoms with Gasteiger partial charge in [-0.25, -0.2) is 4.98 Å². The van der Waals surface area contributed by atoms with E-state index < -0.39 is 0 Å². The summed E-state index contributed by atoms with van der Waals surface area (Å²) in [7, 11) is 0. The van der Waals surface area contributed by atoms with Gasteiger partial charge >= 0.3 is 0 Å². The SMILES string of the molecule is CCc1cnc(N)nc1N1CCC(n2nc(C)cc2C)C1. The van der Waals surface area contributed by atoms with Crippen molar-refractivity contribution in [1.29, 1.82) is 0 Å². The van der Waals surface area contributed by atoms with Gasteiger partial charge in [-0.15, -0.1) is 0 Å². The number of nitrogens with two attached hydrogens (primary N) is 1. The van der Waals surface area contributed by atoms with Crippen LogP contribution in [-0.2, 0) is 6.42 Å². The molecule has 6 nitrogen and oxygen atoms in total. The van der Waals surface area contributed by atoms with Crippen LogP contribution in [0.25, 0.3) is 0 Å². The second-order valence-electron chi connectivity index (χ2n) is 5.69. The molecule has 0 aromatic carbocycles. The van der Waals surface area contributed by atoms with E-state index in [1.807, 2.05) is 13.1 Å². The van der Waals surface area contributed by atoms with E-state index in [4.69, 9.17) is 5.73 Å². The van der Waals surface area contributed by atoms with Gasteiger partial charge in [0, 0.05) is 30.5 Å². The van der Waals surface area contributed by atoms with Crippen molar-refractivity contribution in [3.8, 4) is 0 Å². The van der Waals surface area contributed by atoms with E-state index in [0.717, 1.165) is 43.0 Å². The van der Waals surface area contributed by atoms with Gasteiger partial charge in [-0.2, -0.15) is 10.1 Å². The van der Waals surface area contributed by atoms with E-state index >= 15 is 0 Å². The normalized spacial score (nSPS) is 18.4. The van der Waals surface area contributed by atoms with Gasteiger partial charge in [-0.1, -0.05) is 6.92 Å². The van der Waals surface area contributed by atoms with Gasteiger partial charge in [0.15, 0.2) is 0 Å². The molecule has 0 spiro atoms. The first kappa shape index (κ1) is 13.9. The highest BCUT2D eigenvalue weighted by Gasteiger charge is 2.27. The van der Waals surface area contributed by atoms with Crippen LogP contribution in [0, 0.1) is 13.8 Å². The lowest BCUT2D eigenvalue weighted by atomic mass is 10.2. The molecule has 0 saturated carbocycles. The fourth-order valence-corrected chi connectivity index (χ4v) is 3.08. The van der Waals surface area contributed by atoms with Gasteiger partial charge in [0.1, 0.15) is 5.82 Å². The van der Waals surface area contributed by atoms with Gasteiger partial charge in [0.05, 0.1) is 11.7 Å². The maximum atomic E-state index is 5.76. The van der Waals surface area contributed by atoms with Crippen molar-refractivity contribution in [3.05, 3.63) is 29.2 Å². The summed E-state index contributed by atoms with van der Waals surface area (Å²) in [4.78, 5) is 10.8. The second kappa shape index (κ2) is 5.35. The lowest BCUT2D eigenvalue weighted by molar-refractivity contribution is 0.481. The Balaban J connectivity index is 1.84. The van der Waals surface area contributed by atoms with Gasteiger partial charge in [0.25, 0.3) is 0 Å². The zero-order valence-corrected chi connectivity index (χ0v) is 12.9. The molecule has 1 unspecified atom stereocenters. The quantitative estimate of drug-likeness (QED) is 0.932. The van der Waals surface area contributed by atoms with Gasteiger partial charge in [-0.3, -0.25) is 4.68 Å². The predicted molar refractivity (Wildman–Crippen MR) is 83.4 cm³/mol. The van der Waals surface area contributed by atoms with Crippen molar-refractivity contribution in [2.45, 2.75) is 39.7 Å². The molecular weight excluding hydrogens is 264 g/mol. The number of nitrogen functional groups attached to an aromatic ring is 1. The van der Waals surface area contributed by atoms with Crippen molar-refractivity contribution in [2.75, 3.05) is 23.7 Å². The number of rotatable bonds is 3. The maximum absolute atomic E-state index is 5.76. The molecule has 2 N–H and O–H groups in total. The number of hydrogen-bond acceptors (Lipinski definition) is 5. The molecule has 21 heavy (non-hydrogen) atoms. The number of aromatic nitrogens is 4. The smallest absolute Gasteiger partial charge is 0.221 e. The van der Waals surface area contributed by atoms with Crippen molar-refractivity contribution in [1.82, 2.24) is 19.7 Å². The first-order valence-electron chi connectivity index (χ1n) is 7.47. The number of aryl methyl sites for hydroxylation is 3. The Hall–Kier alpha value is -2.11. The van der Waals surface area contributed by atoms with Gasteiger partial charge in [-0.05, 0) is 32.8 Å². The van der Waals surface area contributed by atoms with Crippen molar-refractivity contribution < 1.29 is 0 Å². The number of hydrogen-bond donors (Lipinski definition) is 1. The predicted octanol–water partition coefficient (Wildman–Crippen LogP) is 1.89. The Morgan fingerprint density at radius 2 is 2.19 bits per heavy atom. The average molecular weight is 286 g/mol. The summed E-state index contributed by atoms with van der Waals surface area (Å²) in [5, 5.41) is 4.61. The number of anilines is 2. The molecule has 2 aromatic heterocycles. The topological polar surface area (TPSA) is 72.9 Å². The highest BCUT2D eigenvalue weighted by molar-refractivity contribution is 5.49. The number of nitrogens with zero attached hydrogens (tertiary/aromatic N) is 5. The minimum atomic E-state index is 0.344. The Morgan fingerprint density at radius 1 is 1.38 bits per heavy atom. The van der Waals surface area contributed by atoms with Crippen molar-refractivity contribution in [2.24, 2.45) is 0 Å². The molecule has 3 heterocycles. The Bertz CT molecular complexity index is 648. The summed E-state index contributed by atoms with van der Waals surface area (Å²) in [5.74, 6) is 1.32. The minimum Gasteiger partial charge on any atom is -0.368 e. The van der Waals surface area contributed by atoms with E-state index in [9.17, 15) is 0 Å². The third-order valence-electron chi connectivity index (χ3n) is 4.09. The monoisotopic (exact) mass is 286 g/mol. The molecule has 1 aliphatic rings. The van der Waals surface area contributed by atoms with Crippen LogP contribution >= 0.6 is 0 Å². The Kier molecular flexibility index (Phi) is 3.53. The van der Waals surface area contributed by atoms with Crippen LogP contribution in [0.3, 0.4) is 0 Å². The van der Waals surface area contributed by atoms with Crippen molar-refractivity contribution in [3.63, 3.8) is 0 Å². The molecule has 1 saturated heterocycles. The Morgan fingerprint density at radius 3 is 2.86 bits per heavy atom. The molecular formula is C15H22N6. The zero-order chi connectivity index (χ0) is 15.0. The summed E-state index contributed by atoms with van der Waals surface area (Å²) < 4.78 is 2.14. The third kappa shape index (κ3) is 2.57. The molecule has 1 fully saturated rings. The molecule has 0 amide bonds. The first-order chi connectivity index (χ1) is 10.1. The molecule has 1 atom stereocenters. The fraction of sp³-hybridized carbons (Fsp3) is 0.533. The highest BCUT2D eigenvalue weighted by Crippen LogP contribution is 2.29. The standard InChI is InChI=1S/C15H22N6/c1-4-12-8-17-15(16)18-14(12)20-6-5-13(9-20)21-11(3)7-10(2)19-21/h7-8,13H,4-6,9H2,1-3H3,(H2,16,17,18). The van der Waals surface area contributed by atoms with Crippen LogP contribution in [0.4, 0.5) is 11.8 Å². The van der Waals surface area contributed by atoms with Crippen LogP contribution in [0.1, 0.15) is 36.3 Å². The lowest BCUT2D eigenvalue weighted by Gasteiger charge is -2.20. The second-order valence-corrected chi connectivity index (χ2v) is 5.69. The van der Waals surface area contributed by atoms with E-state index in [0.29, 0.717) is 12.0 Å². The van der Waals surface area contributed by atoms with Gasteiger partial charge in [0.2, 0.25) is 5.95 Å². The molecule has 0 bridgehead atoms. The summed E-state index contributed by atoms with van der Waals surface area (Å²) in [6, 6.07) is 2.53. The molecule has 3 rings (SSSR count). The molecule has 1 aliphatic heterocycles. The van der Waals surface area contributed by atoms with E-state index in [-0.39, 0.29) is 0 Å². The third-order valence-corrected chi connectivity index (χ3v) is 4.09. The molecule has 0 aliphatic carbocycles. The van der Waals surface area contributed by atoms with Crippen LogP contribution < -0.4 is 10.6 Å². The summed E-state index contributed by atoms with van der Waals surface area (Å²) in [5.41, 5.74) is 9.20.